The molecule has 3 rings (SSSR count). The Morgan fingerprint density at radius 3 is 1.72 bits per heavy atom. The van der Waals surface area contributed by atoms with Crippen molar-refractivity contribution in [3.05, 3.63) is 96.6 Å². The lowest BCUT2D eigenvalue weighted by atomic mass is 10.1. The molecule has 3 aromatic rings. The van der Waals surface area contributed by atoms with E-state index < -0.39 is 5.91 Å². The number of anilines is 2. The number of hydrogen-bond acceptors (Lipinski definition) is 4. The predicted octanol–water partition coefficient (Wildman–Crippen LogP) is 3.15. The minimum atomic E-state index is -0.545. The van der Waals surface area contributed by atoms with Gasteiger partial charge in [0.1, 0.15) is 13.2 Å². The molecule has 0 aromatic heterocycles. The molecule has 0 unspecified atom stereocenters. The van der Waals surface area contributed by atoms with Crippen LogP contribution in [-0.4, -0.2) is 30.9 Å². The molecule has 0 spiro atoms. The summed E-state index contributed by atoms with van der Waals surface area (Å²) in [5.41, 5.74) is 7.08. The summed E-state index contributed by atoms with van der Waals surface area (Å²) in [5, 5.41) is 0. The summed E-state index contributed by atoms with van der Waals surface area (Å²) in [5.74, 6) is -1.17. The first kappa shape index (κ1) is 22.7. The summed E-state index contributed by atoms with van der Waals surface area (Å²) in [7, 11) is 0. The molecule has 32 heavy (non-hydrogen) atoms. The fraction of sp³-hybridized carbons (Fsp3) is 0.160. The number of aryl methyl sites for hydroxylation is 1. The van der Waals surface area contributed by atoms with Gasteiger partial charge in [0, 0.05) is 17.8 Å². The molecule has 2 N–H and O–H groups in total. The van der Waals surface area contributed by atoms with Gasteiger partial charge in [0.05, 0.1) is 0 Å². The van der Waals surface area contributed by atoms with Crippen LogP contribution in [0, 0.1) is 0 Å². The Morgan fingerprint density at radius 1 is 0.656 bits per heavy atom. The monoisotopic (exact) mass is 431 g/mol. The number of carbonyl (C=O) groups excluding carboxylic acids is 3. The van der Waals surface area contributed by atoms with E-state index in [0.717, 1.165) is 5.56 Å². The van der Waals surface area contributed by atoms with E-state index in [9.17, 15) is 14.4 Å². The van der Waals surface area contributed by atoms with Gasteiger partial charge in [-0.25, -0.2) is 0 Å². The molecule has 0 fully saturated rings. The van der Waals surface area contributed by atoms with Gasteiger partial charge >= 0.3 is 0 Å². The molecule has 0 aliphatic carbocycles. The summed E-state index contributed by atoms with van der Waals surface area (Å²) in [6.45, 7) is -0.652. The number of hydrazine groups is 1. The molecule has 3 amide bonds. The number of carbonyl (C=O) groups is 3. The first-order valence-corrected chi connectivity index (χ1v) is 10.3. The Kier molecular flexibility index (Phi) is 8.53. The number of benzene rings is 3. The lowest BCUT2D eigenvalue weighted by molar-refractivity contribution is -0.133. The Bertz CT molecular complexity index is 972. The molecule has 0 saturated heterocycles. The minimum absolute atomic E-state index is 0.243. The van der Waals surface area contributed by atoms with Crippen molar-refractivity contribution in [2.75, 3.05) is 18.1 Å². The number of hydrogen-bond donors (Lipinski definition) is 2. The van der Waals surface area contributed by atoms with Gasteiger partial charge in [-0.2, -0.15) is 0 Å². The third-order valence-electron chi connectivity index (χ3n) is 4.56. The third-order valence-corrected chi connectivity index (χ3v) is 4.56. The highest BCUT2D eigenvalue weighted by molar-refractivity contribution is 6.01. The van der Waals surface area contributed by atoms with E-state index in [2.05, 4.69) is 10.9 Å². The average Bonchev–Trinajstić information content (AvgIpc) is 2.83. The second-order valence-corrected chi connectivity index (χ2v) is 6.97. The summed E-state index contributed by atoms with van der Waals surface area (Å²) in [4.78, 5) is 38.2. The van der Waals surface area contributed by atoms with Crippen molar-refractivity contribution in [2.24, 2.45) is 0 Å². The molecule has 3 aromatic carbocycles. The molecule has 0 atom stereocenters. The van der Waals surface area contributed by atoms with E-state index in [1.54, 1.807) is 0 Å². The van der Waals surface area contributed by atoms with Gasteiger partial charge in [-0.15, -0.1) is 0 Å². The number of ether oxygens (including phenoxy) is 1. The van der Waals surface area contributed by atoms with Crippen molar-refractivity contribution in [1.82, 2.24) is 10.9 Å². The van der Waals surface area contributed by atoms with Crippen LogP contribution >= 0.6 is 0 Å². The molecular weight excluding hydrogens is 406 g/mol. The third kappa shape index (κ3) is 7.07. The van der Waals surface area contributed by atoms with Crippen LogP contribution in [0.5, 0.6) is 0 Å². The Morgan fingerprint density at radius 2 is 1.16 bits per heavy atom. The number of amides is 3. The number of rotatable bonds is 9. The molecule has 0 aliphatic heterocycles. The summed E-state index contributed by atoms with van der Waals surface area (Å²) in [6, 6.07) is 28.0. The molecular formula is C25H25N3O4. The van der Waals surface area contributed by atoms with Crippen LogP contribution in [0.4, 0.5) is 11.4 Å². The summed E-state index contributed by atoms with van der Waals surface area (Å²) in [6.07, 6.45) is 0.815. The van der Waals surface area contributed by atoms with E-state index in [0.29, 0.717) is 17.8 Å². The smallest absolute Gasteiger partial charge is 0.264 e. The van der Waals surface area contributed by atoms with Crippen LogP contribution in [-0.2, 0) is 25.5 Å². The van der Waals surface area contributed by atoms with Gasteiger partial charge < -0.3 is 4.74 Å². The van der Waals surface area contributed by atoms with Crippen LogP contribution < -0.4 is 15.8 Å². The van der Waals surface area contributed by atoms with Crippen LogP contribution in [0.2, 0.25) is 0 Å². The Labute approximate surface area is 187 Å². The Balaban J connectivity index is 1.43. The number of para-hydroxylation sites is 2. The lowest BCUT2D eigenvalue weighted by Gasteiger charge is -2.23. The van der Waals surface area contributed by atoms with E-state index in [1.165, 1.54) is 4.90 Å². The van der Waals surface area contributed by atoms with Gasteiger partial charge in [-0.05, 0) is 36.2 Å². The molecule has 164 valence electrons. The van der Waals surface area contributed by atoms with E-state index in [1.807, 2.05) is 91.0 Å². The quantitative estimate of drug-likeness (QED) is 0.510. The molecule has 7 nitrogen and oxygen atoms in total. The molecule has 7 heteroatoms. The predicted molar refractivity (Wildman–Crippen MR) is 122 cm³/mol. The minimum Gasteiger partial charge on any atom is -0.362 e. The van der Waals surface area contributed by atoms with Crippen molar-refractivity contribution in [3.63, 3.8) is 0 Å². The first-order valence-electron chi connectivity index (χ1n) is 10.3. The Hall–Kier alpha value is -3.97. The lowest BCUT2D eigenvalue weighted by Crippen LogP contribution is -2.43. The second kappa shape index (κ2) is 12.0. The number of nitrogens with zero attached hydrogens (tertiary/aromatic N) is 1. The fourth-order valence-corrected chi connectivity index (χ4v) is 3.03. The maximum atomic E-state index is 12.8. The van der Waals surface area contributed by atoms with Crippen LogP contribution in [0.25, 0.3) is 0 Å². The highest BCUT2D eigenvalue weighted by atomic mass is 16.5. The zero-order valence-corrected chi connectivity index (χ0v) is 17.6. The van der Waals surface area contributed by atoms with E-state index in [-0.39, 0.29) is 31.4 Å². The standard InChI is InChI=1S/C25H25N3O4/c29-23(17-16-20-10-4-1-5-11-20)26-27-24(30)18-32-19-25(31)28(21-12-6-2-7-13-21)22-14-8-3-9-15-22/h1-15H,16-19H2,(H,26,29)(H,27,30). The topological polar surface area (TPSA) is 87.7 Å². The highest BCUT2D eigenvalue weighted by Crippen LogP contribution is 2.24. The van der Waals surface area contributed by atoms with E-state index in [4.69, 9.17) is 4.74 Å². The molecule has 0 heterocycles. The summed E-state index contributed by atoms with van der Waals surface area (Å²) >= 11 is 0. The molecule has 0 saturated carbocycles. The van der Waals surface area contributed by atoms with Gasteiger partial charge in [-0.3, -0.25) is 30.1 Å². The summed E-state index contributed by atoms with van der Waals surface area (Å²) < 4.78 is 5.29. The van der Waals surface area contributed by atoms with Gasteiger partial charge in [0.25, 0.3) is 11.8 Å². The highest BCUT2D eigenvalue weighted by Gasteiger charge is 2.18. The largest absolute Gasteiger partial charge is 0.362 e. The normalized spacial score (nSPS) is 10.2. The van der Waals surface area contributed by atoms with Crippen LogP contribution in [0.15, 0.2) is 91.0 Å². The van der Waals surface area contributed by atoms with Crippen LogP contribution in [0.3, 0.4) is 0 Å². The molecule has 0 aliphatic rings. The van der Waals surface area contributed by atoms with Crippen molar-refractivity contribution in [2.45, 2.75) is 12.8 Å². The van der Waals surface area contributed by atoms with Gasteiger partial charge in [0.2, 0.25) is 5.91 Å². The van der Waals surface area contributed by atoms with Gasteiger partial charge in [-0.1, -0.05) is 66.7 Å². The van der Waals surface area contributed by atoms with Crippen molar-refractivity contribution in [3.8, 4) is 0 Å². The molecule has 0 radical (unpaired) electrons. The maximum absolute atomic E-state index is 12.8. The zero-order valence-electron chi connectivity index (χ0n) is 17.6. The van der Waals surface area contributed by atoms with E-state index >= 15 is 0 Å². The second-order valence-electron chi connectivity index (χ2n) is 6.97. The maximum Gasteiger partial charge on any atom is 0.264 e. The van der Waals surface area contributed by atoms with Crippen LogP contribution in [0.1, 0.15) is 12.0 Å². The molecule has 0 bridgehead atoms. The van der Waals surface area contributed by atoms with Gasteiger partial charge in [0.15, 0.2) is 0 Å². The van der Waals surface area contributed by atoms with Crippen molar-refractivity contribution < 1.29 is 19.1 Å². The SMILES string of the molecule is O=C(CCc1ccccc1)NNC(=O)COCC(=O)N(c1ccccc1)c1ccccc1. The van der Waals surface area contributed by atoms with Crippen molar-refractivity contribution >= 4 is 29.1 Å². The average molecular weight is 431 g/mol. The first-order chi connectivity index (χ1) is 15.6. The fourth-order valence-electron chi connectivity index (χ4n) is 3.03. The zero-order chi connectivity index (χ0) is 22.6. The number of nitrogens with one attached hydrogen (secondary N) is 2. The van der Waals surface area contributed by atoms with Crippen molar-refractivity contribution in [1.29, 1.82) is 0 Å².